The first kappa shape index (κ1) is 18.4. The Hall–Kier alpha value is -2.65. The summed E-state index contributed by atoms with van der Waals surface area (Å²) >= 11 is 0. The molecule has 0 fully saturated rings. The number of benzene rings is 4. The molecule has 148 valence electrons. The molecule has 0 saturated carbocycles. The van der Waals surface area contributed by atoms with E-state index in [1.165, 1.54) is 0 Å². The Morgan fingerprint density at radius 1 is 0.586 bits per heavy atom. The number of hydrogen-bond donors (Lipinski definition) is 0. The van der Waals surface area contributed by atoms with Crippen LogP contribution in [0.4, 0.5) is 0 Å². The molecule has 0 unspecified atom stereocenters. The first-order valence-corrected chi connectivity index (χ1v) is 11.8. The molecule has 0 bridgehead atoms. The van der Waals surface area contributed by atoms with Crippen LogP contribution in [0.3, 0.4) is 0 Å². The van der Waals surface area contributed by atoms with Gasteiger partial charge in [-0.2, -0.15) is 0 Å². The summed E-state index contributed by atoms with van der Waals surface area (Å²) in [5.74, 6) is 1.37. The molecule has 0 N–H and O–H groups in total. The van der Waals surface area contributed by atoms with Gasteiger partial charge in [-0.1, -0.05) is 0 Å². The third kappa shape index (κ3) is 2.57. The maximum atomic E-state index is 6.73. The predicted molar refractivity (Wildman–Crippen MR) is 119 cm³/mol. The fourth-order valence-corrected chi connectivity index (χ4v) is 7.48. The Bertz CT molecular complexity index is 1130. The van der Waals surface area contributed by atoms with E-state index in [9.17, 15) is 0 Å². The molecule has 4 aromatic rings. The fraction of sp³-hybridized carbons (Fsp3) is 0.167. The van der Waals surface area contributed by atoms with Gasteiger partial charge in [0.2, 0.25) is 0 Å². The van der Waals surface area contributed by atoms with E-state index in [1.54, 1.807) is 0 Å². The topological polar surface area (TPSA) is 36.9 Å². The van der Waals surface area contributed by atoms with Crippen LogP contribution in [0.15, 0.2) is 78.9 Å². The van der Waals surface area contributed by atoms with Crippen LogP contribution in [0.1, 0.15) is 13.8 Å². The molecule has 0 saturated heterocycles. The van der Waals surface area contributed by atoms with Crippen LogP contribution in [-0.4, -0.2) is 13.2 Å². The van der Waals surface area contributed by atoms with E-state index >= 15 is 0 Å². The normalized spacial score (nSPS) is 17.8. The van der Waals surface area contributed by atoms with Crippen molar-refractivity contribution < 1.29 is 18.1 Å². The van der Waals surface area contributed by atoms with Gasteiger partial charge in [0.1, 0.15) is 0 Å². The van der Waals surface area contributed by atoms with Crippen molar-refractivity contribution in [1.29, 1.82) is 0 Å². The minimum atomic E-state index is -4.10. The zero-order valence-electron chi connectivity index (χ0n) is 16.5. The maximum absolute atomic E-state index is 6.73. The van der Waals surface area contributed by atoms with Crippen LogP contribution in [0.5, 0.6) is 11.5 Å². The van der Waals surface area contributed by atoms with E-state index in [-0.39, 0.29) is 0 Å². The van der Waals surface area contributed by atoms with Crippen LogP contribution >= 0.6 is 7.51 Å². The van der Waals surface area contributed by atoms with Crippen LogP contribution in [0.25, 0.3) is 21.5 Å². The quantitative estimate of drug-likeness (QED) is 0.285. The van der Waals surface area contributed by atoms with Crippen molar-refractivity contribution >= 4 is 34.4 Å². The monoisotopic (exact) mass is 406 g/mol. The third-order valence-electron chi connectivity index (χ3n) is 5.22. The zero-order chi connectivity index (χ0) is 19.9. The Kier molecular flexibility index (Phi) is 4.25. The molecule has 0 spiro atoms. The van der Waals surface area contributed by atoms with E-state index in [0.717, 1.165) is 26.8 Å². The Labute approximate surface area is 170 Å². The Balaban J connectivity index is 1.87. The van der Waals surface area contributed by atoms with Gasteiger partial charge in [0.15, 0.2) is 0 Å². The molecule has 0 atom stereocenters. The number of rotatable bonds is 5. The summed E-state index contributed by atoms with van der Waals surface area (Å²) in [6.45, 7) is 4.66. The molecule has 0 amide bonds. The number of fused-ring (bicyclic) bond motifs is 6. The molecule has 1 aliphatic heterocycles. The first-order chi connectivity index (χ1) is 14.2. The standard InChI is InChI=1S/C24H23O4P/c1-3-25-29(26-4-2,18-12-6-5-7-13-18)27-23-21-16-10-8-14-19(21)20-15-9-11-17-22(20)24(23)28-29/h5-17H,3-4H2,1-2H3. The van der Waals surface area contributed by atoms with E-state index in [1.807, 2.05) is 68.4 Å². The van der Waals surface area contributed by atoms with Crippen molar-refractivity contribution in [2.24, 2.45) is 0 Å². The van der Waals surface area contributed by atoms with Crippen molar-refractivity contribution in [2.75, 3.05) is 13.2 Å². The van der Waals surface area contributed by atoms with E-state index in [4.69, 9.17) is 18.1 Å². The van der Waals surface area contributed by atoms with Crippen molar-refractivity contribution in [3.05, 3.63) is 78.9 Å². The van der Waals surface area contributed by atoms with Crippen LogP contribution in [0.2, 0.25) is 0 Å². The molecule has 4 aromatic carbocycles. The minimum absolute atomic E-state index is 0.399. The zero-order valence-corrected chi connectivity index (χ0v) is 17.4. The van der Waals surface area contributed by atoms with Gasteiger partial charge >= 0.3 is 170 Å². The number of hydrogen-bond acceptors (Lipinski definition) is 4. The van der Waals surface area contributed by atoms with Crippen molar-refractivity contribution in [3.63, 3.8) is 0 Å². The molecule has 1 heterocycles. The molecular formula is C24H23O4P. The molecule has 1 aliphatic rings. The average molecular weight is 406 g/mol. The summed E-state index contributed by atoms with van der Waals surface area (Å²) in [4.78, 5) is 0. The molecule has 4 nitrogen and oxygen atoms in total. The molecule has 0 radical (unpaired) electrons. The van der Waals surface area contributed by atoms with Crippen molar-refractivity contribution in [1.82, 2.24) is 0 Å². The predicted octanol–water partition coefficient (Wildman–Crippen LogP) is 6.38. The Morgan fingerprint density at radius 2 is 1.00 bits per heavy atom. The van der Waals surface area contributed by atoms with E-state index in [2.05, 4.69) is 24.3 Å². The SMILES string of the molecule is CCOP1(OCC)(c2ccccc2)Oc2c(c3ccccc3c3ccccc23)O1. The summed E-state index contributed by atoms with van der Waals surface area (Å²) in [5.41, 5.74) is 0. The first-order valence-electron chi connectivity index (χ1n) is 9.92. The van der Waals surface area contributed by atoms with Gasteiger partial charge in [-0.3, -0.25) is 0 Å². The molecule has 29 heavy (non-hydrogen) atoms. The Morgan fingerprint density at radius 3 is 1.45 bits per heavy atom. The average Bonchev–Trinajstić information content (AvgIpc) is 3.12. The van der Waals surface area contributed by atoms with Gasteiger partial charge in [-0.15, -0.1) is 0 Å². The second-order valence-corrected chi connectivity index (χ2v) is 9.94. The second-order valence-electron chi connectivity index (χ2n) is 6.92. The van der Waals surface area contributed by atoms with Gasteiger partial charge in [0.25, 0.3) is 0 Å². The molecule has 5 rings (SSSR count). The van der Waals surface area contributed by atoms with Crippen LogP contribution < -0.4 is 14.4 Å². The van der Waals surface area contributed by atoms with Crippen LogP contribution in [0, 0.1) is 0 Å². The third-order valence-corrected chi connectivity index (χ3v) is 8.76. The van der Waals surface area contributed by atoms with Gasteiger partial charge in [0, 0.05) is 0 Å². The van der Waals surface area contributed by atoms with Gasteiger partial charge in [-0.05, 0) is 0 Å². The molecule has 0 aromatic heterocycles. The summed E-state index contributed by atoms with van der Waals surface area (Å²) in [7, 11) is -4.10. The van der Waals surface area contributed by atoms with Gasteiger partial charge < -0.3 is 0 Å². The van der Waals surface area contributed by atoms with E-state index < -0.39 is 7.51 Å². The van der Waals surface area contributed by atoms with Gasteiger partial charge in [0.05, 0.1) is 0 Å². The summed E-state index contributed by atoms with van der Waals surface area (Å²) in [6, 6.07) is 26.2. The van der Waals surface area contributed by atoms with Crippen molar-refractivity contribution in [3.8, 4) is 11.5 Å². The van der Waals surface area contributed by atoms with Crippen molar-refractivity contribution in [2.45, 2.75) is 13.8 Å². The van der Waals surface area contributed by atoms with E-state index in [0.29, 0.717) is 24.7 Å². The molecular weight excluding hydrogens is 383 g/mol. The summed E-state index contributed by atoms with van der Waals surface area (Å²) in [6.07, 6.45) is 0. The summed E-state index contributed by atoms with van der Waals surface area (Å²) in [5, 5.41) is 4.99. The molecule has 0 aliphatic carbocycles. The second kappa shape index (κ2) is 6.70. The fourth-order valence-electron chi connectivity index (χ4n) is 4.11. The summed E-state index contributed by atoms with van der Waals surface area (Å²) < 4.78 is 26.2. The van der Waals surface area contributed by atoms with Gasteiger partial charge in [-0.25, -0.2) is 0 Å². The van der Waals surface area contributed by atoms with Crippen LogP contribution in [-0.2, 0) is 9.05 Å². The molecule has 5 heteroatoms.